The summed E-state index contributed by atoms with van der Waals surface area (Å²) in [5.74, 6) is -1.72. The van der Waals surface area contributed by atoms with Crippen LogP contribution in [0.15, 0.2) is 24.3 Å². The number of hydrogen-bond acceptors (Lipinski definition) is 11. The lowest BCUT2D eigenvalue weighted by molar-refractivity contribution is -0.141. The minimum absolute atomic E-state index is 0.0174. The maximum Gasteiger partial charge on any atom is 0.326 e. The molecule has 0 unspecified atom stereocenters. The maximum absolute atomic E-state index is 13.0. The number of carbonyl (C=O) groups excluding carboxylic acids is 2. The molecular weight excluding hydrogens is 518 g/mol. The molecular formula is C26H45N9O5. The van der Waals surface area contributed by atoms with Crippen molar-refractivity contribution >= 4 is 17.8 Å². The average molecular weight is 564 g/mol. The third-order valence-corrected chi connectivity index (χ3v) is 6.95. The number of carboxylic acids is 1. The van der Waals surface area contributed by atoms with Gasteiger partial charge in [0.05, 0.1) is 5.66 Å². The van der Waals surface area contributed by atoms with Gasteiger partial charge in [0.2, 0.25) is 11.8 Å². The van der Waals surface area contributed by atoms with Gasteiger partial charge in [-0.3, -0.25) is 20.2 Å². The van der Waals surface area contributed by atoms with Crippen LogP contribution in [0.25, 0.3) is 0 Å². The van der Waals surface area contributed by atoms with Crippen molar-refractivity contribution < 1.29 is 24.6 Å². The van der Waals surface area contributed by atoms with Crippen LogP contribution in [-0.4, -0.2) is 111 Å². The van der Waals surface area contributed by atoms with Crippen molar-refractivity contribution in [3.05, 3.63) is 29.8 Å². The third kappa shape index (κ3) is 11.0. The molecule has 12 N–H and O–H groups in total. The van der Waals surface area contributed by atoms with E-state index in [9.17, 15) is 24.6 Å². The zero-order valence-electron chi connectivity index (χ0n) is 23.0. The Kier molecular flexibility index (Phi) is 12.5. The molecule has 2 heterocycles. The third-order valence-electron chi connectivity index (χ3n) is 6.95. The standard InChI is InChI=1S/C26H45N9O5/c27-25-15-28-8-10-30-17-26(33-13-12-32-25,18-31-11-9-29-16-25)35-23(38)3-1-2-22(37)34-21(24(39)40)14-19-4-6-20(36)7-5-19/h4-7,21,28-33,36H,1-3,8-18,27H2,(H,34,37)(H,35,38)(H,39,40)/t21-,25-,26-/m0/s1. The van der Waals surface area contributed by atoms with E-state index in [0.29, 0.717) is 57.9 Å². The van der Waals surface area contributed by atoms with Crippen LogP contribution in [-0.2, 0) is 20.8 Å². The van der Waals surface area contributed by atoms with Gasteiger partial charge >= 0.3 is 5.97 Å². The lowest BCUT2D eigenvalue weighted by atomic mass is 10.1. The Morgan fingerprint density at radius 3 is 1.98 bits per heavy atom. The number of phenols is 1. The monoisotopic (exact) mass is 563 g/mol. The molecule has 1 atom stereocenters. The summed E-state index contributed by atoms with van der Waals surface area (Å²) in [6, 6.07) is 5.05. The smallest absolute Gasteiger partial charge is 0.326 e. The fraction of sp³-hybridized carbons (Fsp3) is 0.654. The number of fused-ring (bicyclic) bond motifs is 5. The van der Waals surface area contributed by atoms with E-state index in [1.807, 2.05) is 0 Å². The van der Waals surface area contributed by atoms with Crippen molar-refractivity contribution in [2.24, 2.45) is 5.73 Å². The molecule has 2 bridgehead atoms. The average Bonchev–Trinajstić information content (AvgIpc) is 2.90. The topological polar surface area (TPSA) is 214 Å². The van der Waals surface area contributed by atoms with Crippen molar-refractivity contribution in [2.75, 3.05) is 65.4 Å². The van der Waals surface area contributed by atoms with E-state index in [0.717, 1.165) is 13.1 Å². The van der Waals surface area contributed by atoms with Gasteiger partial charge in [0.15, 0.2) is 0 Å². The molecule has 2 aliphatic rings. The predicted molar refractivity (Wildman–Crippen MR) is 151 cm³/mol. The molecule has 14 heteroatoms. The molecule has 0 aromatic heterocycles. The van der Waals surface area contributed by atoms with Crippen LogP contribution in [0.3, 0.4) is 0 Å². The fourth-order valence-electron chi connectivity index (χ4n) is 4.77. The van der Waals surface area contributed by atoms with Crippen LogP contribution < -0.4 is 48.3 Å². The molecule has 2 amide bonds. The van der Waals surface area contributed by atoms with E-state index in [1.165, 1.54) is 12.1 Å². The summed E-state index contributed by atoms with van der Waals surface area (Å²) in [5, 5.41) is 45.1. The van der Waals surface area contributed by atoms with Gasteiger partial charge in [-0.2, -0.15) is 0 Å². The summed E-state index contributed by atoms with van der Waals surface area (Å²) < 4.78 is 0. The van der Waals surface area contributed by atoms with E-state index in [-0.39, 0.29) is 37.3 Å². The number of amides is 2. The number of aromatic hydroxyl groups is 1. The number of nitrogens with two attached hydrogens (primary N) is 1. The molecule has 3 rings (SSSR count). The molecule has 2 saturated heterocycles. The molecule has 14 nitrogen and oxygen atoms in total. The number of phenolic OH excluding ortho intramolecular Hbond substituents is 1. The molecule has 0 spiro atoms. The first-order chi connectivity index (χ1) is 19.2. The SMILES string of the molecule is N[C@]12CNCCNC[C@](NC(=O)CCCC(=O)N[C@@H](Cc3ccc(O)cc3)C(=O)O)(CNCCNC1)NCCN2. The van der Waals surface area contributed by atoms with E-state index >= 15 is 0 Å². The normalized spacial score (nSPS) is 25.5. The van der Waals surface area contributed by atoms with Gasteiger partial charge in [-0.05, 0) is 24.1 Å². The van der Waals surface area contributed by atoms with Crippen molar-refractivity contribution in [3.8, 4) is 5.75 Å². The fourth-order valence-corrected chi connectivity index (χ4v) is 4.77. The predicted octanol–water partition coefficient (Wildman–Crippen LogP) is -3.29. The van der Waals surface area contributed by atoms with Crippen LogP contribution in [0.4, 0.5) is 0 Å². The van der Waals surface area contributed by atoms with Crippen LogP contribution in [0, 0.1) is 0 Å². The number of benzene rings is 1. The second-order valence-electron chi connectivity index (χ2n) is 10.5. The first-order valence-electron chi connectivity index (χ1n) is 13.9. The molecule has 40 heavy (non-hydrogen) atoms. The van der Waals surface area contributed by atoms with Gasteiger partial charge in [-0.1, -0.05) is 12.1 Å². The highest BCUT2D eigenvalue weighted by molar-refractivity contribution is 5.84. The molecule has 1 aromatic carbocycles. The number of carboxylic acid groups (broad SMARTS) is 1. The zero-order valence-corrected chi connectivity index (χ0v) is 23.0. The summed E-state index contributed by atoms with van der Waals surface area (Å²) in [6.07, 6.45) is 0.482. The lowest BCUT2D eigenvalue weighted by Crippen LogP contribution is -2.72. The molecule has 1 aromatic rings. The van der Waals surface area contributed by atoms with Crippen LogP contribution >= 0.6 is 0 Å². The number of aliphatic carboxylic acids is 1. The molecule has 2 aliphatic heterocycles. The van der Waals surface area contributed by atoms with Gasteiger partial charge in [0, 0.05) is 84.7 Å². The number of rotatable bonds is 9. The number of hydrogen-bond donors (Lipinski definition) is 11. The van der Waals surface area contributed by atoms with Gasteiger partial charge < -0.3 is 47.8 Å². The van der Waals surface area contributed by atoms with Gasteiger partial charge in [0.25, 0.3) is 0 Å². The van der Waals surface area contributed by atoms with Crippen molar-refractivity contribution in [2.45, 2.75) is 43.1 Å². The van der Waals surface area contributed by atoms with Crippen LogP contribution in [0.2, 0.25) is 0 Å². The second-order valence-corrected chi connectivity index (χ2v) is 10.5. The van der Waals surface area contributed by atoms with Crippen molar-refractivity contribution in [1.29, 1.82) is 0 Å². The molecule has 224 valence electrons. The molecule has 0 aliphatic carbocycles. The summed E-state index contributed by atoms with van der Waals surface area (Å²) in [6.45, 7) is 6.22. The van der Waals surface area contributed by atoms with E-state index in [4.69, 9.17) is 5.73 Å². The quantitative estimate of drug-likeness (QED) is 0.143. The van der Waals surface area contributed by atoms with Gasteiger partial charge in [-0.25, -0.2) is 4.79 Å². The summed E-state index contributed by atoms with van der Waals surface area (Å²) in [4.78, 5) is 37.1. The Morgan fingerprint density at radius 2 is 1.38 bits per heavy atom. The zero-order chi connectivity index (χ0) is 28.8. The Bertz CT molecular complexity index is 946. The molecule has 0 saturated carbocycles. The highest BCUT2D eigenvalue weighted by Gasteiger charge is 2.32. The van der Waals surface area contributed by atoms with E-state index in [2.05, 4.69) is 42.5 Å². The summed E-state index contributed by atoms with van der Waals surface area (Å²) in [5.41, 5.74) is 5.88. The Balaban J connectivity index is 1.52. The van der Waals surface area contributed by atoms with E-state index < -0.39 is 29.2 Å². The first kappa shape index (κ1) is 31.7. The Morgan fingerprint density at radius 1 is 0.825 bits per heavy atom. The van der Waals surface area contributed by atoms with Crippen LogP contribution in [0.1, 0.15) is 24.8 Å². The first-order valence-corrected chi connectivity index (χ1v) is 13.9. The van der Waals surface area contributed by atoms with Crippen LogP contribution in [0.5, 0.6) is 5.75 Å². The van der Waals surface area contributed by atoms with E-state index in [1.54, 1.807) is 12.1 Å². The van der Waals surface area contributed by atoms with Crippen molar-refractivity contribution in [1.82, 2.24) is 42.5 Å². The summed E-state index contributed by atoms with van der Waals surface area (Å²) >= 11 is 0. The molecule has 0 radical (unpaired) electrons. The number of nitrogens with one attached hydrogen (secondary N) is 8. The second kappa shape index (κ2) is 15.8. The highest BCUT2D eigenvalue weighted by Crippen LogP contribution is 2.12. The largest absolute Gasteiger partial charge is 0.508 e. The minimum atomic E-state index is -1.15. The maximum atomic E-state index is 13.0. The number of carbonyl (C=O) groups is 3. The Hall–Kier alpha value is -2.85. The minimum Gasteiger partial charge on any atom is -0.508 e. The van der Waals surface area contributed by atoms with Gasteiger partial charge in [-0.15, -0.1) is 0 Å². The van der Waals surface area contributed by atoms with Gasteiger partial charge in [0.1, 0.15) is 17.5 Å². The highest BCUT2D eigenvalue weighted by atomic mass is 16.4. The Labute approximate surface area is 235 Å². The molecule has 2 fully saturated rings. The lowest BCUT2D eigenvalue weighted by Gasteiger charge is -2.39. The van der Waals surface area contributed by atoms with Crippen molar-refractivity contribution in [3.63, 3.8) is 0 Å². The summed E-state index contributed by atoms with van der Waals surface area (Å²) in [7, 11) is 0.